The summed E-state index contributed by atoms with van der Waals surface area (Å²) in [4.78, 5) is 0. The van der Waals surface area contributed by atoms with Gasteiger partial charge in [-0.05, 0) is 17.7 Å². The molecule has 0 spiro atoms. The smallest absolute Gasteiger partial charge is 0.279 e. The Labute approximate surface area is 145 Å². The summed E-state index contributed by atoms with van der Waals surface area (Å²) in [5.74, 6) is 0. The zero-order valence-corrected chi connectivity index (χ0v) is 14.5. The number of rotatable bonds is 5. The summed E-state index contributed by atoms with van der Waals surface area (Å²) in [6.45, 7) is 0.250. The zero-order chi connectivity index (χ0) is 17.2. The second kappa shape index (κ2) is 6.76. The summed E-state index contributed by atoms with van der Waals surface area (Å²) in [5.41, 5.74) is 2.06. The highest BCUT2D eigenvalue weighted by Crippen LogP contribution is 2.25. The molecule has 3 aromatic rings. The molecular formula is C17H15ClN2O3S. The third-order valence-electron chi connectivity index (χ3n) is 3.54. The van der Waals surface area contributed by atoms with E-state index >= 15 is 0 Å². The number of halogens is 1. The SMILES string of the molecule is CN(Cc1ccccc1)S(=O)(=O)c1cc(-c2ccc(Cl)cc2)no1. The molecule has 0 radical (unpaired) electrons. The van der Waals surface area contributed by atoms with Crippen molar-refractivity contribution in [3.05, 3.63) is 71.2 Å². The van der Waals surface area contributed by atoms with Gasteiger partial charge in [0.15, 0.2) is 0 Å². The average molecular weight is 363 g/mol. The maximum Gasteiger partial charge on any atom is 0.279 e. The first-order valence-corrected chi connectivity index (χ1v) is 9.01. The second-order valence-electron chi connectivity index (χ2n) is 5.28. The first-order chi connectivity index (χ1) is 11.5. The van der Waals surface area contributed by atoms with Crippen molar-refractivity contribution in [3.8, 4) is 11.3 Å². The lowest BCUT2D eigenvalue weighted by Gasteiger charge is -2.14. The lowest BCUT2D eigenvalue weighted by molar-refractivity contribution is 0.328. The largest absolute Gasteiger partial charge is 0.343 e. The Morgan fingerprint density at radius 2 is 1.75 bits per heavy atom. The van der Waals surface area contributed by atoms with E-state index in [2.05, 4.69) is 5.16 Å². The zero-order valence-electron chi connectivity index (χ0n) is 12.9. The van der Waals surface area contributed by atoms with Crippen LogP contribution in [0.15, 0.2) is 70.3 Å². The summed E-state index contributed by atoms with van der Waals surface area (Å²) in [6.07, 6.45) is 0. The van der Waals surface area contributed by atoms with E-state index in [0.29, 0.717) is 10.7 Å². The van der Waals surface area contributed by atoms with Crippen molar-refractivity contribution >= 4 is 21.6 Å². The molecule has 1 aromatic heterocycles. The summed E-state index contributed by atoms with van der Waals surface area (Å²) in [7, 11) is -2.25. The van der Waals surface area contributed by atoms with Gasteiger partial charge >= 0.3 is 0 Å². The maximum absolute atomic E-state index is 12.6. The van der Waals surface area contributed by atoms with Gasteiger partial charge in [0.2, 0.25) is 0 Å². The van der Waals surface area contributed by atoms with E-state index in [1.807, 2.05) is 30.3 Å². The number of hydrogen-bond donors (Lipinski definition) is 0. The first kappa shape index (κ1) is 16.7. The molecule has 0 aliphatic rings. The van der Waals surface area contributed by atoms with Gasteiger partial charge in [-0.25, -0.2) is 8.42 Å². The molecule has 1 heterocycles. The molecule has 0 aliphatic heterocycles. The molecule has 0 saturated heterocycles. The Kier molecular flexibility index (Phi) is 4.71. The highest BCUT2D eigenvalue weighted by molar-refractivity contribution is 7.88. The molecule has 2 aromatic carbocycles. The lowest BCUT2D eigenvalue weighted by atomic mass is 10.2. The van der Waals surface area contributed by atoms with Crippen LogP contribution in [0.3, 0.4) is 0 Å². The topological polar surface area (TPSA) is 63.4 Å². The Hall–Kier alpha value is -2.15. The fraction of sp³-hybridized carbons (Fsp3) is 0.118. The maximum atomic E-state index is 12.6. The van der Waals surface area contributed by atoms with Crippen molar-refractivity contribution in [1.82, 2.24) is 9.46 Å². The molecule has 5 nitrogen and oxygen atoms in total. The monoisotopic (exact) mass is 362 g/mol. The number of sulfonamides is 1. The van der Waals surface area contributed by atoms with Crippen LogP contribution in [-0.4, -0.2) is 24.9 Å². The van der Waals surface area contributed by atoms with E-state index in [4.69, 9.17) is 16.1 Å². The van der Waals surface area contributed by atoms with Crippen LogP contribution in [0.25, 0.3) is 11.3 Å². The Balaban J connectivity index is 1.83. The normalized spacial score (nSPS) is 11.8. The molecule has 24 heavy (non-hydrogen) atoms. The van der Waals surface area contributed by atoms with Crippen molar-refractivity contribution < 1.29 is 12.9 Å². The molecule has 0 unspecified atom stereocenters. The van der Waals surface area contributed by atoms with Crippen molar-refractivity contribution in [1.29, 1.82) is 0 Å². The third-order valence-corrected chi connectivity index (χ3v) is 5.44. The van der Waals surface area contributed by atoms with Gasteiger partial charge in [-0.3, -0.25) is 0 Å². The van der Waals surface area contributed by atoms with Crippen molar-refractivity contribution in [3.63, 3.8) is 0 Å². The van der Waals surface area contributed by atoms with Gasteiger partial charge in [0.25, 0.3) is 15.1 Å². The van der Waals surface area contributed by atoms with Crippen LogP contribution in [0.4, 0.5) is 0 Å². The van der Waals surface area contributed by atoms with E-state index in [9.17, 15) is 8.42 Å². The number of aromatic nitrogens is 1. The molecule has 0 bridgehead atoms. The molecule has 0 atom stereocenters. The highest BCUT2D eigenvalue weighted by atomic mass is 35.5. The minimum absolute atomic E-state index is 0.189. The fourth-order valence-corrected chi connectivity index (χ4v) is 3.36. The molecule has 124 valence electrons. The minimum Gasteiger partial charge on any atom is -0.343 e. The molecule has 0 saturated carbocycles. The molecule has 7 heteroatoms. The number of benzene rings is 2. The summed E-state index contributed by atoms with van der Waals surface area (Å²) < 4.78 is 31.5. The molecule has 0 N–H and O–H groups in total. The highest BCUT2D eigenvalue weighted by Gasteiger charge is 2.26. The molecule has 0 fully saturated rings. The Bertz CT molecular complexity index is 922. The predicted molar refractivity (Wildman–Crippen MR) is 92.0 cm³/mol. The van der Waals surface area contributed by atoms with Gasteiger partial charge in [-0.15, -0.1) is 0 Å². The summed E-state index contributed by atoms with van der Waals surface area (Å²) in [5, 5.41) is 4.25. The Morgan fingerprint density at radius 3 is 2.42 bits per heavy atom. The van der Waals surface area contributed by atoms with E-state index in [-0.39, 0.29) is 11.6 Å². The molecule has 0 aliphatic carbocycles. The summed E-state index contributed by atoms with van der Waals surface area (Å²) in [6, 6.07) is 17.7. The van der Waals surface area contributed by atoms with Gasteiger partial charge in [-0.1, -0.05) is 59.2 Å². The van der Waals surface area contributed by atoms with Gasteiger partial charge in [-0.2, -0.15) is 4.31 Å². The molecular weight excluding hydrogens is 348 g/mol. The number of hydrogen-bond acceptors (Lipinski definition) is 4. The van der Waals surface area contributed by atoms with E-state index in [1.165, 1.54) is 17.4 Å². The van der Waals surface area contributed by atoms with E-state index < -0.39 is 10.0 Å². The van der Waals surface area contributed by atoms with Crippen LogP contribution in [0.5, 0.6) is 0 Å². The van der Waals surface area contributed by atoms with Gasteiger partial charge < -0.3 is 4.52 Å². The standard InChI is InChI=1S/C17H15ClN2O3S/c1-20(12-13-5-3-2-4-6-13)24(21,22)17-11-16(19-23-17)14-7-9-15(18)10-8-14/h2-11H,12H2,1H3. The van der Waals surface area contributed by atoms with Crippen molar-refractivity contribution in [2.24, 2.45) is 0 Å². The van der Waals surface area contributed by atoms with E-state index in [1.54, 1.807) is 24.3 Å². The van der Waals surface area contributed by atoms with Crippen LogP contribution in [-0.2, 0) is 16.6 Å². The van der Waals surface area contributed by atoms with Crippen LogP contribution in [0.2, 0.25) is 5.02 Å². The van der Waals surface area contributed by atoms with E-state index in [0.717, 1.165) is 11.1 Å². The van der Waals surface area contributed by atoms with Gasteiger partial charge in [0.05, 0.1) is 0 Å². The van der Waals surface area contributed by atoms with Crippen LogP contribution in [0, 0.1) is 0 Å². The lowest BCUT2D eigenvalue weighted by Crippen LogP contribution is -2.26. The molecule has 3 rings (SSSR count). The third kappa shape index (κ3) is 3.51. The van der Waals surface area contributed by atoms with Crippen LogP contribution in [0.1, 0.15) is 5.56 Å². The minimum atomic E-state index is -3.75. The second-order valence-corrected chi connectivity index (χ2v) is 7.70. The van der Waals surface area contributed by atoms with Gasteiger partial charge in [0, 0.05) is 30.2 Å². The quantitative estimate of drug-likeness (QED) is 0.692. The van der Waals surface area contributed by atoms with Crippen molar-refractivity contribution in [2.45, 2.75) is 11.6 Å². The van der Waals surface area contributed by atoms with Crippen LogP contribution >= 0.6 is 11.6 Å². The van der Waals surface area contributed by atoms with Crippen LogP contribution < -0.4 is 0 Å². The average Bonchev–Trinajstić information content (AvgIpc) is 3.07. The number of nitrogens with zero attached hydrogens (tertiary/aromatic N) is 2. The fourth-order valence-electron chi connectivity index (χ4n) is 2.22. The summed E-state index contributed by atoms with van der Waals surface area (Å²) >= 11 is 5.85. The first-order valence-electron chi connectivity index (χ1n) is 7.20. The Morgan fingerprint density at radius 1 is 1.08 bits per heavy atom. The van der Waals surface area contributed by atoms with Gasteiger partial charge in [0.1, 0.15) is 5.69 Å². The predicted octanol–water partition coefficient (Wildman–Crippen LogP) is 3.82. The van der Waals surface area contributed by atoms with Crippen molar-refractivity contribution in [2.75, 3.05) is 7.05 Å². The molecule has 0 amide bonds.